The van der Waals surface area contributed by atoms with Crippen LogP contribution in [0.15, 0.2) is 12.4 Å². The van der Waals surface area contributed by atoms with Crippen LogP contribution < -0.4 is 0 Å². The highest BCUT2D eigenvalue weighted by Crippen LogP contribution is 2.38. The van der Waals surface area contributed by atoms with E-state index in [0.29, 0.717) is 4.83 Å². The lowest BCUT2D eigenvalue weighted by molar-refractivity contribution is 0.749. The largest absolute Gasteiger partial charge is 0.241 e. The van der Waals surface area contributed by atoms with Gasteiger partial charge < -0.3 is 0 Å². The first-order valence-corrected chi connectivity index (χ1v) is 7.31. The maximum atomic E-state index is 4.44. The number of alkyl halides is 1. The molecule has 2 heterocycles. The Hall–Kier alpha value is -0.480. The molecule has 1 aliphatic carbocycles. The molecule has 2 aromatic rings. The molecule has 1 fully saturated rings. The average Bonchev–Trinajstić information content (AvgIpc) is 3.01. The highest BCUT2D eigenvalue weighted by Gasteiger charge is 2.29. The van der Waals surface area contributed by atoms with Gasteiger partial charge in [0.1, 0.15) is 11.2 Å². The van der Waals surface area contributed by atoms with Gasteiger partial charge in [-0.15, -0.1) is 11.3 Å². The average molecular weight is 297 g/mol. The molecule has 0 aromatic carbocycles. The van der Waals surface area contributed by atoms with E-state index >= 15 is 0 Å². The van der Waals surface area contributed by atoms with Gasteiger partial charge in [-0.2, -0.15) is 0 Å². The van der Waals surface area contributed by atoms with Crippen molar-refractivity contribution in [1.29, 1.82) is 0 Å². The van der Waals surface area contributed by atoms with Gasteiger partial charge in [0.2, 0.25) is 0 Å². The van der Waals surface area contributed by atoms with Gasteiger partial charge in [-0.05, 0) is 31.7 Å². The normalized spacial score (nSPS) is 17.9. The van der Waals surface area contributed by atoms with E-state index in [2.05, 4.69) is 38.9 Å². The summed E-state index contributed by atoms with van der Waals surface area (Å²) in [6.07, 6.45) is 5.46. The third kappa shape index (κ3) is 2.00. The lowest BCUT2D eigenvalue weighted by Gasteiger charge is -2.07. The zero-order valence-corrected chi connectivity index (χ0v) is 11.5. The Kier molecular flexibility index (Phi) is 2.72. The summed E-state index contributed by atoms with van der Waals surface area (Å²) in [5, 5.41) is 1.25. The Balaban J connectivity index is 1.95. The molecule has 84 valence electrons. The van der Waals surface area contributed by atoms with Gasteiger partial charge in [-0.25, -0.2) is 9.97 Å². The second-order valence-corrected chi connectivity index (χ2v) is 6.86. The summed E-state index contributed by atoms with van der Waals surface area (Å²) in [5.74, 6) is 0.866. The maximum Gasteiger partial charge on any atom is 0.127 e. The van der Waals surface area contributed by atoms with Crippen molar-refractivity contribution in [2.24, 2.45) is 5.92 Å². The molecule has 0 amide bonds. The molecule has 2 aromatic heterocycles. The molecule has 16 heavy (non-hydrogen) atoms. The number of nitrogens with zero attached hydrogens (tertiary/aromatic N) is 2. The van der Waals surface area contributed by atoms with E-state index in [0.717, 1.165) is 17.2 Å². The first-order chi connectivity index (χ1) is 7.74. The maximum absolute atomic E-state index is 4.44. The predicted molar refractivity (Wildman–Crippen MR) is 71.3 cm³/mol. The van der Waals surface area contributed by atoms with E-state index in [1.165, 1.54) is 28.8 Å². The molecule has 0 N–H and O–H groups in total. The summed E-state index contributed by atoms with van der Waals surface area (Å²) < 4.78 is 0. The van der Waals surface area contributed by atoms with Crippen LogP contribution in [0, 0.1) is 12.8 Å². The molecule has 0 aliphatic heterocycles. The first-order valence-electron chi connectivity index (χ1n) is 5.58. The van der Waals surface area contributed by atoms with Crippen LogP contribution in [-0.2, 0) is 6.42 Å². The van der Waals surface area contributed by atoms with E-state index in [1.54, 1.807) is 17.7 Å². The van der Waals surface area contributed by atoms with Crippen LogP contribution in [0.5, 0.6) is 0 Å². The topological polar surface area (TPSA) is 25.8 Å². The summed E-state index contributed by atoms with van der Waals surface area (Å²) in [6.45, 7) is 2.13. The minimum absolute atomic E-state index is 0.589. The van der Waals surface area contributed by atoms with Crippen molar-refractivity contribution < 1.29 is 0 Å². The highest BCUT2D eigenvalue weighted by molar-refractivity contribution is 9.09. The number of hydrogen-bond acceptors (Lipinski definition) is 3. The molecule has 0 spiro atoms. The quantitative estimate of drug-likeness (QED) is 0.807. The van der Waals surface area contributed by atoms with E-state index in [4.69, 9.17) is 0 Å². The number of aromatic nitrogens is 2. The number of hydrogen-bond donors (Lipinski definition) is 0. The summed E-state index contributed by atoms with van der Waals surface area (Å²) in [5.41, 5.74) is 1.20. The van der Waals surface area contributed by atoms with E-state index in [9.17, 15) is 0 Å². The number of aryl methyl sites for hydroxylation is 1. The molecule has 0 bridgehead atoms. The van der Waals surface area contributed by atoms with E-state index in [-0.39, 0.29) is 0 Å². The van der Waals surface area contributed by atoms with Gasteiger partial charge in [0.05, 0.1) is 5.69 Å². The minimum atomic E-state index is 0.589. The van der Waals surface area contributed by atoms with E-state index in [1.807, 2.05) is 0 Å². The molecule has 1 unspecified atom stereocenters. The summed E-state index contributed by atoms with van der Waals surface area (Å²) >= 11 is 5.53. The number of halogens is 1. The third-order valence-corrected chi connectivity index (χ3v) is 5.09. The second kappa shape index (κ2) is 4.08. The number of fused-ring (bicyclic) bond motifs is 1. The zero-order valence-electron chi connectivity index (χ0n) is 9.11. The van der Waals surface area contributed by atoms with Crippen molar-refractivity contribution in [1.82, 2.24) is 9.97 Å². The van der Waals surface area contributed by atoms with Gasteiger partial charge in [0, 0.05) is 21.5 Å². The fraction of sp³-hybridized carbons (Fsp3) is 0.500. The molecule has 1 atom stereocenters. The molecule has 0 radical (unpaired) electrons. The van der Waals surface area contributed by atoms with Crippen LogP contribution in [0.4, 0.5) is 0 Å². The lowest BCUT2D eigenvalue weighted by Crippen LogP contribution is -2.06. The molecule has 0 saturated heterocycles. The Labute approximate surface area is 107 Å². The van der Waals surface area contributed by atoms with Crippen molar-refractivity contribution >= 4 is 37.5 Å². The van der Waals surface area contributed by atoms with Crippen molar-refractivity contribution in [3.8, 4) is 0 Å². The van der Waals surface area contributed by atoms with Gasteiger partial charge in [0.25, 0.3) is 0 Å². The minimum Gasteiger partial charge on any atom is -0.241 e. The van der Waals surface area contributed by atoms with Crippen molar-refractivity contribution in [3.05, 3.63) is 23.0 Å². The smallest absolute Gasteiger partial charge is 0.127 e. The standard InChI is InChI=1S/C12H13BrN2S/c1-7-4-9-11(5-10(13)8-2-3-8)14-6-15-12(9)16-7/h4,6,8,10H,2-3,5H2,1H3. The Morgan fingerprint density at radius 1 is 1.50 bits per heavy atom. The van der Waals surface area contributed by atoms with Gasteiger partial charge in [0.15, 0.2) is 0 Å². The third-order valence-electron chi connectivity index (χ3n) is 3.06. The SMILES string of the molecule is Cc1cc2c(CC(Br)C3CC3)ncnc2s1. The second-order valence-electron chi connectivity index (χ2n) is 4.45. The van der Waals surface area contributed by atoms with Crippen molar-refractivity contribution in [2.75, 3.05) is 0 Å². The molecule has 2 nitrogen and oxygen atoms in total. The number of thiophene rings is 1. The van der Waals surface area contributed by atoms with Crippen LogP contribution in [-0.4, -0.2) is 14.8 Å². The lowest BCUT2D eigenvalue weighted by atomic mass is 10.1. The van der Waals surface area contributed by atoms with Crippen LogP contribution in [0.3, 0.4) is 0 Å². The monoisotopic (exact) mass is 296 g/mol. The summed E-state index contributed by atoms with van der Waals surface area (Å²) in [6, 6.07) is 2.21. The predicted octanol–water partition coefficient (Wildman–Crippen LogP) is 3.72. The summed E-state index contributed by atoms with van der Waals surface area (Å²) in [4.78, 5) is 11.8. The molecular weight excluding hydrogens is 284 g/mol. The Morgan fingerprint density at radius 3 is 3.06 bits per heavy atom. The van der Waals surface area contributed by atoms with Crippen molar-refractivity contribution in [3.63, 3.8) is 0 Å². The molecule has 1 saturated carbocycles. The Morgan fingerprint density at radius 2 is 2.31 bits per heavy atom. The Bertz CT molecular complexity index is 519. The van der Waals surface area contributed by atoms with Gasteiger partial charge in [-0.1, -0.05) is 15.9 Å². The fourth-order valence-electron chi connectivity index (χ4n) is 2.00. The highest BCUT2D eigenvalue weighted by atomic mass is 79.9. The molecular formula is C12H13BrN2S. The molecule has 4 heteroatoms. The van der Waals surface area contributed by atoms with Crippen LogP contribution >= 0.6 is 27.3 Å². The summed E-state index contributed by atoms with van der Waals surface area (Å²) in [7, 11) is 0. The van der Waals surface area contributed by atoms with Crippen LogP contribution in [0.2, 0.25) is 0 Å². The fourth-order valence-corrected chi connectivity index (χ4v) is 3.70. The van der Waals surface area contributed by atoms with Crippen LogP contribution in [0.25, 0.3) is 10.2 Å². The van der Waals surface area contributed by atoms with E-state index < -0.39 is 0 Å². The van der Waals surface area contributed by atoms with Gasteiger partial charge >= 0.3 is 0 Å². The van der Waals surface area contributed by atoms with Gasteiger partial charge in [-0.3, -0.25) is 0 Å². The first kappa shape index (κ1) is 10.7. The molecule has 1 aliphatic rings. The number of rotatable bonds is 3. The molecule has 3 rings (SSSR count). The van der Waals surface area contributed by atoms with Crippen molar-refractivity contribution in [2.45, 2.75) is 31.0 Å². The van der Waals surface area contributed by atoms with Crippen LogP contribution in [0.1, 0.15) is 23.4 Å². The zero-order chi connectivity index (χ0) is 11.1.